The van der Waals surface area contributed by atoms with Crippen LogP contribution in [0.4, 0.5) is 29.1 Å². The monoisotopic (exact) mass is 1780 g/mol. The normalized spacial score (nSPS) is 20.0. The maximum absolute atomic E-state index is 14.3. The van der Waals surface area contributed by atoms with E-state index in [0.29, 0.717) is 56.9 Å². The van der Waals surface area contributed by atoms with Gasteiger partial charge in [-0.2, -0.15) is 18.3 Å². The third-order valence-electron chi connectivity index (χ3n) is 20.0. The SMILES string of the molecule is CC(=O)N[C@H](Cc1ccc(NC(=O)[C@@H](NC(=O)c2ccnn2[C@@H](C)F)C2CCCCCC2)cc1)C(=O)N1CCN(C(=O)COCCOCCOCC(=O)NC(COCCC(=O)NCCOCCOCCOCCOC[C@H]2OCC[C@@H](O)[C@H]2O)COCCC(=O)NCCOCCOCCOCCOC[C@H]2OCC(Nc3cncc(C(F)(F)F)n3)[C@@H](O)[C@H]2O)CC1. The van der Waals surface area contributed by atoms with Crippen molar-refractivity contribution in [2.75, 3.05) is 235 Å². The van der Waals surface area contributed by atoms with Crippen molar-refractivity contribution in [2.45, 2.75) is 151 Å². The van der Waals surface area contributed by atoms with Crippen LogP contribution in [-0.4, -0.2) is 382 Å². The molecule has 1 aliphatic carbocycles. The summed E-state index contributed by atoms with van der Waals surface area (Å²) in [6, 6.07) is 4.74. The fraction of sp³-hybridized carbons (Fsp3) is 0.738. The summed E-state index contributed by atoms with van der Waals surface area (Å²) in [6.45, 7) is 7.25. The molecule has 8 amide bonds. The van der Waals surface area contributed by atoms with Crippen LogP contribution in [-0.2, 0) is 117 Å². The summed E-state index contributed by atoms with van der Waals surface area (Å²) in [4.78, 5) is 115. The number of benzene rings is 1. The van der Waals surface area contributed by atoms with E-state index in [2.05, 4.69) is 52.3 Å². The molecule has 11 N–H and O–H groups in total. The fourth-order valence-electron chi connectivity index (χ4n) is 13.3. The molecular weight excluding hydrogens is 1650 g/mol. The van der Waals surface area contributed by atoms with Gasteiger partial charge in [0.25, 0.3) is 5.91 Å². The van der Waals surface area contributed by atoms with Crippen LogP contribution in [0.2, 0.25) is 0 Å². The maximum Gasteiger partial charge on any atom is 0.434 e. The first-order valence-corrected chi connectivity index (χ1v) is 42.1. The van der Waals surface area contributed by atoms with Crippen LogP contribution >= 0.6 is 0 Å². The number of anilines is 2. The van der Waals surface area contributed by atoms with Crippen LogP contribution in [0.3, 0.4) is 0 Å². The number of aromatic nitrogens is 4. The first-order valence-electron chi connectivity index (χ1n) is 42.1. The molecular formula is C80H125F4N13O27. The highest BCUT2D eigenvalue weighted by Crippen LogP contribution is 2.30. The number of halogens is 4. The summed E-state index contributed by atoms with van der Waals surface area (Å²) in [6.07, 6.45) is -3.64. The van der Waals surface area contributed by atoms with Gasteiger partial charge in [0.15, 0.2) is 12.0 Å². The molecule has 1 saturated carbocycles. The van der Waals surface area contributed by atoms with Crippen molar-refractivity contribution in [3.05, 3.63) is 65.9 Å². The van der Waals surface area contributed by atoms with E-state index in [1.165, 1.54) is 26.1 Å². The van der Waals surface area contributed by atoms with E-state index in [1.807, 2.05) is 0 Å². The van der Waals surface area contributed by atoms with Gasteiger partial charge in [-0.05, 0) is 55.9 Å². The Morgan fingerprint density at radius 2 is 1.09 bits per heavy atom. The summed E-state index contributed by atoms with van der Waals surface area (Å²) in [5.41, 5.74) is -0.0756. The summed E-state index contributed by atoms with van der Waals surface area (Å²) in [5.74, 6) is -3.58. The molecule has 4 fully saturated rings. The van der Waals surface area contributed by atoms with Gasteiger partial charge < -0.3 is 138 Å². The lowest BCUT2D eigenvalue weighted by Gasteiger charge is -2.38. The molecule has 44 heteroatoms. The van der Waals surface area contributed by atoms with Crippen molar-refractivity contribution in [3.63, 3.8) is 0 Å². The van der Waals surface area contributed by atoms with Gasteiger partial charge in [0.05, 0.1) is 196 Å². The van der Waals surface area contributed by atoms with Gasteiger partial charge >= 0.3 is 6.18 Å². The molecule has 5 heterocycles. The van der Waals surface area contributed by atoms with Crippen molar-refractivity contribution >= 4 is 58.8 Å². The average molecular weight is 1780 g/mol. The van der Waals surface area contributed by atoms with Crippen molar-refractivity contribution in [3.8, 4) is 0 Å². The number of alkyl halides is 4. The number of carbonyl (C=O) groups is 8. The Labute approximate surface area is 717 Å². The second-order valence-electron chi connectivity index (χ2n) is 29.6. The van der Waals surface area contributed by atoms with Crippen molar-refractivity contribution in [2.24, 2.45) is 5.92 Å². The molecule has 0 spiro atoms. The largest absolute Gasteiger partial charge is 0.434 e. The van der Waals surface area contributed by atoms with E-state index in [0.717, 1.165) is 49.4 Å². The first-order chi connectivity index (χ1) is 59.9. The highest BCUT2D eigenvalue weighted by molar-refractivity contribution is 6.01. The number of piperazine rings is 1. The van der Waals surface area contributed by atoms with Crippen molar-refractivity contribution in [1.82, 2.24) is 56.1 Å². The molecule has 40 nitrogen and oxygen atoms in total. The Kier molecular flexibility index (Phi) is 49.2. The minimum atomic E-state index is -4.72. The first kappa shape index (κ1) is 103. The number of nitrogens with one attached hydrogen (secondary N) is 7. The van der Waals surface area contributed by atoms with E-state index >= 15 is 0 Å². The molecule has 124 heavy (non-hydrogen) atoms. The maximum atomic E-state index is 14.3. The van der Waals surface area contributed by atoms with Gasteiger partial charge in [0, 0.05) is 83.9 Å². The molecule has 4 aliphatic rings. The predicted molar refractivity (Wildman–Crippen MR) is 430 cm³/mol. The zero-order valence-corrected chi connectivity index (χ0v) is 70.5. The van der Waals surface area contributed by atoms with E-state index < -0.39 is 103 Å². The number of hydrogen-bond acceptors (Lipinski definition) is 31. The van der Waals surface area contributed by atoms with Crippen LogP contribution in [0.5, 0.6) is 0 Å². The molecule has 3 aromatic rings. The highest BCUT2D eigenvalue weighted by Gasteiger charge is 2.41. The predicted octanol–water partition coefficient (Wildman–Crippen LogP) is -0.569. The van der Waals surface area contributed by atoms with E-state index in [-0.39, 0.29) is 252 Å². The lowest BCUT2D eigenvalue weighted by molar-refractivity contribution is -0.161. The molecule has 1 aromatic carbocycles. The second kappa shape index (κ2) is 59.1. The average Bonchev–Trinajstić information content (AvgIpc) is 1.15. The molecule has 3 aliphatic heterocycles. The van der Waals surface area contributed by atoms with Gasteiger partial charge in [-0.25, -0.2) is 14.1 Å². The number of aliphatic hydroxyl groups is 4. The third kappa shape index (κ3) is 40.3. The van der Waals surface area contributed by atoms with Crippen LogP contribution in [0.15, 0.2) is 48.9 Å². The number of amides is 8. The van der Waals surface area contributed by atoms with Gasteiger partial charge in [0.2, 0.25) is 41.4 Å². The molecule has 11 atom stereocenters. The quantitative estimate of drug-likeness (QED) is 0.0191. The lowest BCUT2D eigenvalue weighted by Crippen LogP contribution is -2.57. The highest BCUT2D eigenvalue weighted by atomic mass is 19.4. The smallest absolute Gasteiger partial charge is 0.390 e. The standard InChI is InChI=1S/C80H125F4N13O27/c1-55(81)97-63(13-17-88-97)77(107)94-73(58-7-5-3-4-6-8-58)78(108)91-59-11-9-57(10-12-59)45-61(89-56(2)98)79(109)96-22-20-95(21-23-96)72(103)54-122-44-40-116-39-43-121-53-71(102)90-60(48-117-24-15-69(100)86-18-27-110-29-31-112-33-35-114-37-41-119-51-65-75(105)64(99)14-26-123-65)49-118-25-16-70(101)87-19-28-111-30-32-113-34-36-115-38-42-120-52-66-76(106)74(104)62(50-124-66)92-68-47-85-46-67(93-68)80(82,83)84/h9-13,17,46-47,55,58,60-62,64-66,73-76,99,104-106H,3-8,14-16,18-45,48-54H2,1-2H3,(H,86,100)(H,87,101)(H,89,98)(H,90,102)(H,91,108)(H,92,93)(H,94,107)/t55-,60?,61+,62?,64+,65+,66+,73-,74+,75+,76-/m0/s1. The summed E-state index contributed by atoms with van der Waals surface area (Å²) >= 11 is 0. The molecule has 3 saturated heterocycles. The topological polar surface area (TPSA) is 490 Å². The van der Waals surface area contributed by atoms with Crippen LogP contribution in [0, 0.1) is 5.92 Å². The van der Waals surface area contributed by atoms with Gasteiger partial charge in [-0.3, -0.25) is 43.3 Å². The van der Waals surface area contributed by atoms with E-state index in [1.54, 1.807) is 34.1 Å². The van der Waals surface area contributed by atoms with Gasteiger partial charge in [-0.15, -0.1) is 0 Å². The number of aliphatic hydroxyl groups excluding tert-OH is 4. The zero-order valence-electron chi connectivity index (χ0n) is 70.5. The Morgan fingerprint density at radius 1 is 0.565 bits per heavy atom. The van der Waals surface area contributed by atoms with Gasteiger partial charge in [-0.1, -0.05) is 37.8 Å². The van der Waals surface area contributed by atoms with E-state index in [9.17, 15) is 76.3 Å². The minimum absolute atomic E-state index is 0.000397. The van der Waals surface area contributed by atoms with Crippen LogP contribution in [0.1, 0.15) is 99.7 Å². The molecule has 700 valence electrons. The molecule has 2 unspecified atom stereocenters. The Hall–Kier alpha value is -7.97. The van der Waals surface area contributed by atoms with Gasteiger partial charge in [0.1, 0.15) is 67.3 Å². The molecule has 0 bridgehead atoms. The fourth-order valence-corrected chi connectivity index (χ4v) is 13.3. The Bertz CT molecular complexity index is 3560. The summed E-state index contributed by atoms with van der Waals surface area (Å²) in [7, 11) is 0. The van der Waals surface area contributed by atoms with Crippen molar-refractivity contribution in [1.29, 1.82) is 0 Å². The van der Waals surface area contributed by atoms with E-state index in [4.69, 9.17) is 71.1 Å². The number of ether oxygens (including phenoxy) is 15. The Balaban J connectivity index is 0.717. The minimum Gasteiger partial charge on any atom is -0.390 e. The summed E-state index contributed by atoms with van der Waals surface area (Å²) < 4.78 is 138. The third-order valence-corrected chi connectivity index (χ3v) is 20.0. The number of hydrogen-bond donors (Lipinski definition) is 11. The molecule has 0 radical (unpaired) electrons. The zero-order chi connectivity index (χ0) is 89.1. The van der Waals surface area contributed by atoms with Crippen molar-refractivity contribution < 1.29 is 147 Å². The van der Waals surface area contributed by atoms with Crippen LogP contribution < -0.4 is 37.2 Å². The molecule has 7 rings (SSSR count). The van der Waals surface area contributed by atoms with Crippen LogP contribution in [0.25, 0.3) is 0 Å². The second-order valence-corrected chi connectivity index (χ2v) is 29.6. The number of carbonyl (C=O) groups excluding carboxylic acids is 8. The summed E-state index contributed by atoms with van der Waals surface area (Å²) in [5, 5.41) is 64.2. The number of nitrogens with zero attached hydrogens (tertiary/aromatic N) is 6. The lowest BCUT2D eigenvalue weighted by atomic mass is 9.91. The molecule has 2 aromatic heterocycles. The number of rotatable bonds is 61. The Morgan fingerprint density at radius 3 is 1.64 bits per heavy atom.